The van der Waals surface area contributed by atoms with Gasteiger partial charge in [0.25, 0.3) is 0 Å². The monoisotopic (exact) mass is 879 g/mol. The maximum absolute atomic E-state index is 12.2. The van der Waals surface area contributed by atoms with Crippen molar-refractivity contribution >= 4 is 27.7 Å². The fourth-order valence-electron chi connectivity index (χ4n) is 6.46. The molecule has 2 heterocycles. The molecule has 0 amide bonds. The summed E-state index contributed by atoms with van der Waals surface area (Å²) >= 11 is 0. The first-order valence-corrected chi connectivity index (χ1v) is 18.9. The topological polar surface area (TPSA) is 63.3 Å². The van der Waals surface area contributed by atoms with Gasteiger partial charge in [-0.1, -0.05) is 136 Å². The van der Waals surface area contributed by atoms with Gasteiger partial charge in [-0.3, -0.25) is 9.78 Å². The molecule has 0 unspecified atom stereocenters. The van der Waals surface area contributed by atoms with Crippen LogP contribution in [0.25, 0.3) is 44.3 Å². The number of aromatic nitrogens is 1. The van der Waals surface area contributed by atoms with E-state index in [0.29, 0.717) is 5.92 Å². The average molecular weight is 879 g/mol. The second kappa shape index (κ2) is 17.5. The fraction of sp³-hybridized carbons (Fsp3) is 0.447. The molecule has 0 bridgehead atoms. The number of fused-ring (bicyclic) bond motifs is 2. The van der Waals surface area contributed by atoms with Crippen molar-refractivity contribution in [3.63, 3.8) is 0 Å². The van der Waals surface area contributed by atoms with Crippen LogP contribution < -0.4 is 0 Å². The van der Waals surface area contributed by atoms with Crippen LogP contribution in [0, 0.1) is 29.7 Å². The van der Waals surface area contributed by atoms with Crippen LogP contribution in [0.3, 0.4) is 0 Å². The summed E-state index contributed by atoms with van der Waals surface area (Å²) in [5.41, 5.74) is 7.95. The predicted molar refractivity (Wildman–Crippen MR) is 216 cm³/mol. The Labute approximate surface area is 326 Å². The first kappa shape index (κ1) is 42.9. The van der Waals surface area contributed by atoms with E-state index in [9.17, 15) is 9.90 Å². The summed E-state index contributed by atoms with van der Waals surface area (Å²) < 4.78 is 6.11. The van der Waals surface area contributed by atoms with Gasteiger partial charge in [-0.2, -0.15) is 0 Å². The van der Waals surface area contributed by atoms with Gasteiger partial charge in [-0.05, 0) is 61.5 Å². The summed E-state index contributed by atoms with van der Waals surface area (Å²) in [6.45, 7) is 25.4. The summed E-state index contributed by atoms with van der Waals surface area (Å²) in [4.78, 5) is 17.2. The number of furan rings is 1. The van der Waals surface area contributed by atoms with Crippen molar-refractivity contribution < 1.29 is 34.4 Å². The molecule has 0 atom stereocenters. The Morgan fingerprint density at radius 1 is 0.865 bits per heavy atom. The smallest absolute Gasteiger partial charge is 0.164 e. The molecule has 0 aliphatic heterocycles. The molecule has 0 saturated heterocycles. The number of carbonyl (C=O) groups is 1. The van der Waals surface area contributed by atoms with Crippen LogP contribution in [0.4, 0.5) is 0 Å². The molecule has 281 valence electrons. The van der Waals surface area contributed by atoms with Crippen LogP contribution in [0.2, 0.25) is 0 Å². The molecule has 5 rings (SSSR count). The van der Waals surface area contributed by atoms with E-state index in [2.05, 4.69) is 101 Å². The number of hydrogen-bond acceptors (Lipinski definition) is 4. The van der Waals surface area contributed by atoms with Crippen LogP contribution in [0.5, 0.6) is 0 Å². The molecule has 2 aromatic heterocycles. The van der Waals surface area contributed by atoms with Crippen LogP contribution in [0.1, 0.15) is 119 Å². The van der Waals surface area contributed by atoms with Gasteiger partial charge in [-0.15, -0.1) is 29.1 Å². The number of aryl methyl sites for hydroxylation is 1. The van der Waals surface area contributed by atoms with Crippen LogP contribution in [-0.4, -0.2) is 15.9 Å². The number of rotatable bonds is 11. The van der Waals surface area contributed by atoms with Crippen molar-refractivity contribution in [1.29, 1.82) is 0 Å². The van der Waals surface area contributed by atoms with Crippen molar-refractivity contribution in [1.82, 2.24) is 4.98 Å². The number of pyridine rings is 1. The second-order valence-electron chi connectivity index (χ2n) is 16.2. The largest absolute Gasteiger partial charge is 0.512 e. The predicted octanol–water partition coefficient (Wildman–Crippen LogP) is 13.6. The Bertz CT molecular complexity index is 1980. The number of ketones is 1. The minimum Gasteiger partial charge on any atom is -0.512 e. The van der Waals surface area contributed by atoms with E-state index in [1.165, 1.54) is 22.6 Å². The van der Waals surface area contributed by atoms with Crippen molar-refractivity contribution in [3.8, 4) is 22.4 Å². The first-order valence-electron chi connectivity index (χ1n) is 18.9. The molecule has 0 fully saturated rings. The van der Waals surface area contributed by atoms with Gasteiger partial charge < -0.3 is 9.52 Å². The Balaban J connectivity index is 0.000000347. The van der Waals surface area contributed by atoms with Gasteiger partial charge >= 0.3 is 0 Å². The SMILES string of the molecule is CCC(C)(CC)C(=O)/C=C(\O)C(C)(CC)CC.Cc1cc2nc(-c3[c-]c4ccccc4c(C(C)(C)C)c3)cc(-c3ccc(CC(C)C)cc3)c2o1.[Ir]. The summed E-state index contributed by atoms with van der Waals surface area (Å²) in [5.74, 6) is 1.79. The quantitative estimate of drug-likeness (QED) is 0.0816. The fourth-order valence-corrected chi connectivity index (χ4v) is 6.46. The van der Waals surface area contributed by atoms with E-state index in [0.717, 1.165) is 76.7 Å². The number of nitrogens with zero attached hydrogens (tertiary/aromatic N) is 1. The third-order valence-electron chi connectivity index (χ3n) is 11.0. The third kappa shape index (κ3) is 9.71. The van der Waals surface area contributed by atoms with E-state index in [-0.39, 0.29) is 47.9 Å². The maximum atomic E-state index is 12.2. The average Bonchev–Trinajstić information content (AvgIpc) is 3.49. The number of hydrogen-bond donors (Lipinski definition) is 1. The molecule has 0 saturated carbocycles. The number of aliphatic hydroxyl groups is 1. The number of aliphatic hydroxyl groups excluding tert-OH is 1. The summed E-state index contributed by atoms with van der Waals surface area (Å²) in [7, 11) is 0. The summed E-state index contributed by atoms with van der Waals surface area (Å²) in [6, 6.07) is 27.5. The van der Waals surface area contributed by atoms with Crippen LogP contribution in [0.15, 0.2) is 83.0 Å². The molecule has 5 heteroatoms. The number of carbonyl (C=O) groups excluding carboxylic acids is 1. The molecular formula is C47H60IrNO3-. The molecule has 1 radical (unpaired) electrons. The van der Waals surface area contributed by atoms with Crippen molar-refractivity contribution in [3.05, 3.63) is 102 Å². The molecule has 52 heavy (non-hydrogen) atoms. The summed E-state index contributed by atoms with van der Waals surface area (Å²) in [6.07, 6.45) is 5.84. The molecular weight excluding hydrogens is 819 g/mol. The molecule has 0 aliphatic carbocycles. The molecule has 5 aromatic rings. The number of benzene rings is 3. The second-order valence-corrected chi connectivity index (χ2v) is 16.2. The van der Waals surface area contributed by atoms with E-state index in [1.807, 2.05) is 54.5 Å². The normalized spacial score (nSPS) is 12.5. The zero-order valence-corrected chi connectivity index (χ0v) is 36.0. The van der Waals surface area contributed by atoms with Gasteiger partial charge in [0, 0.05) is 54.3 Å². The summed E-state index contributed by atoms with van der Waals surface area (Å²) in [5, 5.41) is 12.5. The van der Waals surface area contributed by atoms with E-state index in [4.69, 9.17) is 9.40 Å². The Kier molecular flexibility index (Phi) is 14.5. The van der Waals surface area contributed by atoms with Gasteiger partial charge in [-0.25, -0.2) is 0 Å². The van der Waals surface area contributed by atoms with E-state index in [1.54, 1.807) is 0 Å². The van der Waals surface area contributed by atoms with Crippen LogP contribution in [-0.2, 0) is 36.7 Å². The Morgan fingerprint density at radius 3 is 2.02 bits per heavy atom. The molecule has 1 N–H and O–H groups in total. The van der Waals surface area contributed by atoms with Crippen LogP contribution >= 0.6 is 0 Å². The standard InChI is InChI=1S/C32H32NO.C15H28O2.Ir/c1-20(2)15-22-11-13-23(14-12-22)27-19-29(33-30-16-21(3)34-31(27)30)25-17-24-9-7-8-10-26(24)28(18-25)32(4,5)6;1-7-14(5,8-2)12(16)11-13(17)15(6,9-3)10-4;/h7-14,16,18-20H,15H2,1-6H3;11,16H,7-10H2,1-6H3;/q-1;;/b;12-11-;. The minimum atomic E-state index is -0.337. The maximum Gasteiger partial charge on any atom is 0.164 e. The van der Waals surface area contributed by atoms with Gasteiger partial charge in [0.15, 0.2) is 11.4 Å². The van der Waals surface area contributed by atoms with Crippen molar-refractivity contribution in [2.75, 3.05) is 0 Å². The van der Waals surface area contributed by atoms with Crippen molar-refractivity contribution in [2.45, 2.75) is 121 Å². The van der Waals surface area contributed by atoms with Gasteiger partial charge in [0.05, 0.1) is 0 Å². The van der Waals surface area contributed by atoms with Gasteiger partial charge in [0.1, 0.15) is 17.0 Å². The minimum absolute atomic E-state index is 0. The Morgan fingerprint density at radius 2 is 1.46 bits per heavy atom. The van der Waals surface area contributed by atoms with E-state index < -0.39 is 0 Å². The first-order chi connectivity index (χ1) is 24.0. The van der Waals surface area contributed by atoms with E-state index >= 15 is 0 Å². The van der Waals surface area contributed by atoms with Crippen molar-refractivity contribution in [2.24, 2.45) is 16.7 Å². The van der Waals surface area contributed by atoms with Gasteiger partial charge in [0.2, 0.25) is 0 Å². The number of allylic oxidation sites excluding steroid dienone is 2. The third-order valence-corrected chi connectivity index (χ3v) is 11.0. The molecule has 3 aromatic carbocycles. The molecule has 4 nitrogen and oxygen atoms in total. The Hall–Kier alpha value is -3.53. The zero-order valence-electron chi connectivity index (χ0n) is 33.6. The zero-order chi connectivity index (χ0) is 37.7. The molecule has 0 aliphatic rings. The molecule has 0 spiro atoms.